The lowest BCUT2D eigenvalue weighted by Gasteiger charge is -2.30. The topological polar surface area (TPSA) is 42.7 Å². The van der Waals surface area contributed by atoms with Crippen molar-refractivity contribution in [3.05, 3.63) is 10.3 Å². The fourth-order valence-corrected chi connectivity index (χ4v) is 4.50. The highest BCUT2D eigenvalue weighted by molar-refractivity contribution is 9.10. The highest BCUT2D eigenvalue weighted by Gasteiger charge is 2.44. The summed E-state index contributed by atoms with van der Waals surface area (Å²) < 4.78 is 2.79. The lowest BCUT2D eigenvalue weighted by Crippen LogP contribution is -2.30. The van der Waals surface area contributed by atoms with Crippen LogP contribution in [0.15, 0.2) is 4.60 Å². The van der Waals surface area contributed by atoms with Gasteiger partial charge < -0.3 is 5.32 Å². The minimum absolute atomic E-state index is 0.389. The molecule has 2 aliphatic carbocycles. The number of nitrogens with one attached hydrogen (secondary N) is 1. The van der Waals surface area contributed by atoms with E-state index in [1.165, 1.54) is 31.4 Å². The molecule has 2 fully saturated rings. The van der Waals surface area contributed by atoms with Crippen molar-refractivity contribution in [2.24, 2.45) is 24.8 Å². The van der Waals surface area contributed by atoms with Gasteiger partial charge in [0.15, 0.2) is 4.60 Å². The van der Waals surface area contributed by atoms with E-state index in [1.54, 1.807) is 0 Å². The summed E-state index contributed by atoms with van der Waals surface area (Å²) in [5.74, 6) is 2.63. The zero-order valence-electron chi connectivity index (χ0n) is 10.4. The minimum atomic E-state index is 0.389. The minimum Gasteiger partial charge on any atom is -0.311 e. The van der Waals surface area contributed by atoms with E-state index in [0.717, 1.165) is 22.4 Å². The van der Waals surface area contributed by atoms with Gasteiger partial charge in [-0.15, -0.1) is 5.10 Å². The molecule has 94 valence electrons. The van der Waals surface area contributed by atoms with Gasteiger partial charge in [-0.2, -0.15) is 0 Å². The van der Waals surface area contributed by atoms with Gasteiger partial charge in [0.1, 0.15) is 0 Å². The van der Waals surface area contributed by atoms with E-state index >= 15 is 0 Å². The molecule has 1 aromatic rings. The van der Waals surface area contributed by atoms with E-state index in [9.17, 15) is 0 Å². The predicted octanol–water partition coefficient (Wildman–Crippen LogP) is 2.27. The lowest BCUT2D eigenvalue weighted by atomic mass is 9.82. The molecule has 2 saturated carbocycles. The maximum atomic E-state index is 4.11. The van der Waals surface area contributed by atoms with Crippen LogP contribution in [0.4, 0.5) is 0 Å². The quantitative estimate of drug-likeness (QED) is 0.931. The zero-order chi connectivity index (χ0) is 12.0. The molecule has 0 spiro atoms. The van der Waals surface area contributed by atoms with E-state index in [-0.39, 0.29) is 0 Å². The van der Waals surface area contributed by atoms with Crippen LogP contribution in [0.3, 0.4) is 0 Å². The third-order valence-electron chi connectivity index (χ3n) is 4.65. The average molecular weight is 299 g/mol. The Balaban J connectivity index is 1.89. The number of hydrogen-bond donors (Lipinski definition) is 1. The Kier molecular flexibility index (Phi) is 2.99. The molecular formula is C12H19BrN4. The van der Waals surface area contributed by atoms with E-state index in [2.05, 4.69) is 38.6 Å². The molecule has 1 aromatic heterocycles. The van der Waals surface area contributed by atoms with Crippen molar-refractivity contribution in [1.82, 2.24) is 20.3 Å². The largest absolute Gasteiger partial charge is 0.311 e. The number of aryl methyl sites for hydroxylation is 1. The summed E-state index contributed by atoms with van der Waals surface area (Å²) in [6.07, 6.45) is 5.67. The molecule has 17 heavy (non-hydrogen) atoms. The number of rotatable bonds is 3. The van der Waals surface area contributed by atoms with Gasteiger partial charge in [0, 0.05) is 7.05 Å². The van der Waals surface area contributed by atoms with Gasteiger partial charge in [-0.3, -0.25) is 0 Å². The van der Waals surface area contributed by atoms with Gasteiger partial charge in [-0.1, -0.05) is 11.6 Å². The van der Waals surface area contributed by atoms with Crippen LogP contribution in [-0.2, 0) is 7.05 Å². The molecule has 0 aromatic carbocycles. The molecule has 2 aliphatic rings. The Bertz CT molecular complexity index is 397. The summed E-state index contributed by atoms with van der Waals surface area (Å²) in [6.45, 7) is 0. The highest BCUT2D eigenvalue weighted by atomic mass is 79.9. The van der Waals surface area contributed by atoms with Crippen LogP contribution in [0.1, 0.15) is 37.4 Å². The number of fused-ring (bicyclic) bond motifs is 2. The molecule has 4 unspecified atom stereocenters. The van der Waals surface area contributed by atoms with Crippen LogP contribution in [0, 0.1) is 17.8 Å². The van der Waals surface area contributed by atoms with Crippen LogP contribution in [0.25, 0.3) is 0 Å². The molecule has 4 nitrogen and oxygen atoms in total. The van der Waals surface area contributed by atoms with Crippen molar-refractivity contribution >= 4 is 15.9 Å². The van der Waals surface area contributed by atoms with Crippen LogP contribution < -0.4 is 5.32 Å². The fraction of sp³-hybridized carbons (Fsp3) is 0.833. The molecule has 0 amide bonds. The summed E-state index contributed by atoms with van der Waals surface area (Å²) in [5.41, 5.74) is 1.20. The Morgan fingerprint density at radius 3 is 2.71 bits per heavy atom. The smallest absolute Gasteiger partial charge is 0.153 e. The maximum Gasteiger partial charge on any atom is 0.153 e. The molecule has 0 saturated heterocycles. The second kappa shape index (κ2) is 4.35. The second-order valence-corrected chi connectivity index (χ2v) is 6.25. The molecule has 0 aliphatic heterocycles. The fourth-order valence-electron chi connectivity index (χ4n) is 3.92. The highest BCUT2D eigenvalue weighted by Crippen LogP contribution is 2.52. The van der Waals surface area contributed by atoms with Gasteiger partial charge in [-0.25, -0.2) is 4.68 Å². The molecule has 0 radical (unpaired) electrons. The molecule has 4 atom stereocenters. The van der Waals surface area contributed by atoms with Crippen molar-refractivity contribution in [3.8, 4) is 0 Å². The maximum absolute atomic E-state index is 4.11. The average Bonchev–Trinajstić information content (AvgIpc) is 3.00. The van der Waals surface area contributed by atoms with Crippen LogP contribution in [-0.4, -0.2) is 22.0 Å². The van der Waals surface area contributed by atoms with E-state index < -0.39 is 0 Å². The molecule has 2 bridgehead atoms. The van der Waals surface area contributed by atoms with Gasteiger partial charge >= 0.3 is 0 Å². The lowest BCUT2D eigenvalue weighted by molar-refractivity contribution is 0.251. The van der Waals surface area contributed by atoms with Gasteiger partial charge in [-0.05, 0) is 60.0 Å². The Hall–Kier alpha value is -0.420. The van der Waals surface area contributed by atoms with Gasteiger partial charge in [0.2, 0.25) is 0 Å². The van der Waals surface area contributed by atoms with Crippen molar-refractivity contribution in [3.63, 3.8) is 0 Å². The van der Waals surface area contributed by atoms with Crippen LogP contribution >= 0.6 is 15.9 Å². The number of hydrogen-bond acceptors (Lipinski definition) is 3. The van der Waals surface area contributed by atoms with Gasteiger partial charge in [0.25, 0.3) is 0 Å². The molecular weight excluding hydrogens is 280 g/mol. The number of aromatic nitrogens is 3. The first-order chi connectivity index (χ1) is 8.20. The van der Waals surface area contributed by atoms with Crippen molar-refractivity contribution in [2.45, 2.75) is 31.7 Å². The third kappa shape index (κ3) is 1.83. The summed E-state index contributed by atoms with van der Waals surface area (Å²) in [6, 6.07) is 0.389. The first kappa shape index (κ1) is 11.7. The van der Waals surface area contributed by atoms with E-state index in [1.807, 2.05) is 11.7 Å². The molecule has 5 heteroatoms. The standard InChI is InChI=1S/C12H19BrN4/c1-14-10(11-12(13)15-16-17(11)2)9-6-7-3-4-8(9)5-7/h7-10,14H,3-6H2,1-2H3. The Morgan fingerprint density at radius 2 is 2.24 bits per heavy atom. The monoisotopic (exact) mass is 298 g/mol. The summed E-state index contributed by atoms with van der Waals surface area (Å²) in [7, 11) is 4.03. The van der Waals surface area contributed by atoms with Crippen molar-refractivity contribution in [2.75, 3.05) is 7.05 Å². The summed E-state index contributed by atoms with van der Waals surface area (Å²) >= 11 is 3.52. The van der Waals surface area contributed by atoms with Gasteiger partial charge in [0.05, 0.1) is 11.7 Å². The van der Waals surface area contributed by atoms with Crippen LogP contribution in [0.5, 0.6) is 0 Å². The van der Waals surface area contributed by atoms with Crippen LogP contribution in [0.2, 0.25) is 0 Å². The summed E-state index contributed by atoms with van der Waals surface area (Å²) in [5, 5.41) is 11.7. The Morgan fingerprint density at radius 1 is 1.41 bits per heavy atom. The second-order valence-electron chi connectivity index (χ2n) is 5.49. The zero-order valence-corrected chi connectivity index (χ0v) is 11.9. The van der Waals surface area contributed by atoms with E-state index in [0.29, 0.717) is 6.04 Å². The van der Waals surface area contributed by atoms with Crippen molar-refractivity contribution < 1.29 is 0 Å². The first-order valence-electron chi connectivity index (χ1n) is 6.43. The molecule has 1 heterocycles. The normalized spacial score (nSPS) is 33.2. The predicted molar refractivity (Wildman–Crippen MR) is 69.4 cm³/mol. The summed E-state index contributed by atoms with van der Waals surface area (Å²) in [4.78, 5) is 0. The third-order valence-corrected chi connectivity index (χ3v) is 5.22. The first-order valence-corrected chi connectivity index (χ1v) is 7.22. The molecule has 3 rings (SSSR count). The number of nitrogens with zero attached hydrogens (tertiary/aromatic N) is 3. The number of halogens is 1. The Labute approximate surface area is 110 Å². The molecule has 1 N–H and O–H groups in total. The van der Waals surface area contributed by atoms with Crippen molar-refractivity contribution in [1.29, 1.82) is 0 Å². The van der Waals surface area contributed by atoms with E-state index in [4.69, 9.17) is 0 Å². The SMILES string of the molecule is CNC(c1c(Br)nnn1C)C1CC2CCC1C2.